The number of likely N-dealkylation sites (tertiary alicyclic amines) is 4. The SMILES string of the molecule is CC(C)N1CC(CO)C1.CC(C)N1CCCC(C)(O)CC1.CC(C)N1CCCC1CO.CC(C)N1CCNC(=O)C1.CC1CN(C(C)C)CC1O. The molecule has 0 aromatic heterocycles. The standard InChI is InChI=1S/C10H21NO.2C8H17NO.C7H14N2O.C7H15NO/c1-9(2)11-7-4-5-10(3,12)6-8-11;1-6(2)9-4-7(3)8(10)5-9;1-7(2)9-5-3-4-8(9)6-10;1-6(2)9-4-3-8-7(10)5-9;1-6(2)8-3-7(4-8)5-9/h9,12H,4-8H2,1-3H3;6-8,10H,4-5H2,1-3H3;7-8,10H,3-6H2,1-2H3;6H,3-5H2,1-2H3,(H,8,10);6-7,9H,3-5H2,1-2H3. The van der Waals surface area contributed by atoms with Gasteiger partial charge in [-0.1, -0.05) is 6.92 Å². The average Bonchev–Trinajstić information content (AvgIpc) is 3.60. The molecule has 5 fully saturated rings. The van der Waals surface area contributed by atoms with E-state index in [2.05, 4.69) is 106 Å². The number of nitrogens with zero attached hydrogens (tertiary/aromatic N) is 5. The summed E-state index contributed by atoms with van der Waals surface area (Å²) in [5, 5.41) is 39.6. The molecule has 304 valence electrons. The molecule has 51 heavy (non-hydrogen) atoms. The van der Waals surface area contributed by atoms with Crippen LogP contribution in [0.2, 0.25) is 0 Å². The minimum Gasteiger partial charge on any atom is -0.396 e. The molecule has 0 aromatic carbocycles. The zero-order valence-electron chi connectivity index (χ0n) is 35.2. The molecule has 1 amide bonds. The minimum absolute atomic E-state index is 0.0950. The largest absolute Gasteiger partial charge is 0.396 e. The number of hydrogen-bond donors (Lipinski definition) is 5. The van der Waals surface area contributed by atoms with E-state index in [9.17, 15) is 15.0 Å². The molecule has 0 bridgehead atoms. The van der Waals surface area contributed by atoms with Crippen LogP contribution in [0.25, 0.3) is 0 Å². The van der Waals surface area contributed by atoms with E-state index in [1.807, 2.05) is 6.92 Å². The smallest absolute Gasteiger partial charge is 0.234 e. The number of aliphatic hydroxyl groups excluding tert-OH is 3. The fourth-order valence-corrected chi connectivity index (χ4v) is 7.19. The Morgan fingerprint density at radius 1 is 0.706 bits per heavy atom. The Morgan fingerprint density at radius 3 is 1.67 bits per heavy atom. The number of piperazine rings is 1. The second-order valence-electron chi connectivity index (χ2n) is 17.4. The molecule has 5 saturated heterocycles. The molecule has 0 spiro atoms. The highest BCUT2D eigenvalue weighted by Crippen LogP contribution is 2.22. The number of amides is 1. The predicted molar refractivity (Wildman–Crippen MR) is 212 cm³/mol. The predicted octanol–water partition coefficient (Wildman–Crippen LogP) is 3.34. The van der Waals surface area contributed by atoms with Crippen LogP contribution in [0.4, 0.5) is 0 Å². The molecule has 4 atom stereocenters. The lowest BCUT2D eigenvalue weighted by atomic mass is 9.98. The molecular weight excluding hydrogens is 644 g/mol. The van der Waals surface area contributed by atoms with Gasteiger partial charge in [-0.05, 0) is 127 Å². The van der Waals surface area contributed by atoms with Crippen molar-refractivity contribution in [1.82, 2.24) is 29.8 Å². The molecule has 5 N–H and O–H groups in total. The lowest BCUT2D eigenvalue weighted by molar-refractivity contribution is -0.124. The van der Waals surface area contributed by atoms with Gasteiger partial charge in [-0.25, -0.2) is 0 Å². The van der Waals surface area contributed by atoms with Crippen LogP contribution in [0, 0.1) is 11.8 Å². The topological polar surface area (TPSA) is 126 Å². The minimum atomic E-state index is -0.413. The molecule has 4 unspecified atom stereocenters. The summed E-state index contributed by atoms with van der Waals surface area (Å²) in [6.07, 6.45) is 5.34. The van der Waals surface area contributed by atoms with Gasteiger partial charge in [0.2, 0.25) is 5.91 Å². The molecule has 5 rings (SSSR count). The van der Waals surface area contributed by atoms with E-state index in [1.165, 1.54) is 19.4 Å². The van der Waals surface area contributed by atoms with E-state index < -0.39 is 5.60 Å². The van der Waals surface area contributed by atoms with Gasteiger partial charge in [0.1, 0.15) is 0 Å². The van der Waals surface area contributed by atoms with E-state index in [-0.39, 0.29) is 12.0 Å². The molecular formula is C40H84N6O5. The maximum absolute atomic E-state index is 10.8. The molecule has 5 heterocycles. The molecule has 11 nitrogen and oxygen atoms in total. The molecule has 0 saturated carbocycles. The number of β-amino-alcohol motifs (C(OH)–C–C–N with tert-alkyl or cyclic N) is 1. The number of carbonyl (C=O) groups excluding carboxylic acids is 1. The first kappa shape index (κ1) is 48.1. The summed E-state index contributed by atoms with van der Waals surface area (Å²) in [6, 6.07) is 3.40. The maximum Gasteiger partial charge on any atom is 0.234 e. The van der Waals surface area contributed by atoms with Gasteiger partial charge in [0.25, 0.3) is 0 Å². The summed E-state index contributed by atoms with van der Waals surface area (Å²) >= 11 is 0. The summed E-state index contributed by atoms with van der Waals surface area (Å²) in [6.45, 7) is 36.3. The molecule has 0 radical (unpaired) electrons. The second-order valence-corrected chi connectivity index (χ2v) is 17.4. The van der Waals surface area contributed by atoms with Gasteiger partial charge in [0.05, 0.1) is 24.9 Å². The first-order valence-electron chi connectivity index (χ1n) is 20.4. The second kappa shape index (κ2) is 24.5. The van der Waals surface area contributed by atoms with Gasteiger partial charge in [-0.3, -0.25) is 19.5 Å². The number of carbonyl (C=O) groups is 1. The normalized spacial score (nSPS) is 28.6. The fraction of sp³-hybridized carbons (Fsp3) is 0.975. The van der Waals surface area contributed by atoms with Crippen LogP contribution in [0.5, 0.6) is 0 Å². The molecule has 0 aromatic rings. The number of rotatable bonds is 7. The van der Waals surface area contributed by atoms with Gasteiger partial charge in [0.15, 0.2) is 0 Å². The Hall–Kier alpha value is -0.890. The van der Waals surface area contributed by atoms with Crippen LogP contribution in [0.1, 0.15) is 115 Å². The van der Waals surface area contributed by atoms with E-state index in [1.54, 1.807) is 0 Å². The van der Waals surface area contributed by atoms with Crippen molar-refractivity contribution < 1.29 is 25.2 Å². The van der Waals surface area contributed by atoms with E-state index in [0.717, 1.165) is 71.6 Å². The van der Waals surface area contributed by atoms with Crippen LogP contribution >= 0.6 is 0 Å². The third kappa shape index (κ3) is 18.8. The van der Waals surface area contributed by atoms with E-state index >= 15 is 0 Å². The number of aliphatic hydroxyl groups is 4. The molecule has 11 heteroatoms. The van der Waals surface area contributed by atoms with Gasteiger partial charge < -0.3 is 35.5 Å². The Balaban J connectivity index is 0.000000320. The maximum atomic E-state index is 10.8. The van der Waals surface area contributed by atoms with Crippen LogP contribution in [0.3, 0.4) is 0 Å². The Labute approximate surface area is 314 Å². The van der Waals surface area contributed by atoms with Crippen molar-refractivity contribution in [2.45, 2.75) is 163 Å². The first-order valence-corrected chi connectivity index (χ1v) is 20.4. The third-order valence-electron chi connectivity index (χ3n) is 11.2. The lowest BCUT2D eigenvalue weighted by Gasteiger charge is -2.41. The fourth-order valence-electron chi connectivity index (χ4n) is 7.19. The summed E-state index contributed by atoms with van der Waals surface area (Å²) in [5.41, 5.74) is -0.413. The molecule has 0 aliphatic carbocycles. The Morgan fingerprint density at radius 2 is 1.27 bits per heavy atom. The summed E-state index contributed by atoms with van der Waals surface area (Å²) in [7, 11) is 0. The lowest BCUT2D eigenvalue weighted by Crippen LogP contribution is -2.51. The quantitative estimate of drug-likeness (QED) is 0.267. The monoisotopic (exact) mass is 729 g/mol. The molecule has 5 aliphatic rings. The van der Waals surface area contributed by atoms with Crippen molar-refractivity contribution in [3.8, 4) is 0 Å². The summed E-state index contributed by atoms with van der Waals surface area (Å²) < 4.78 is 0. The highest BCUT2D eigenvalue weighted by Gasteiger charge is 2.29. The van der Waals surface area contributed by atoms with Gasteiger partial charge >= 0.3 is 0 Å². The summed E-state index contributed by atoms with van der Waals surface area (Å²) in [5.74, 6) is 1.18. The van der Waals surface area contributed by atoms with Crippen molar-refractivity contribution in [1.29, 1.82) is 0 Å². The zero-order chi connectivity index (χ0) is 38.9. The highest BCUT2D eigenvalue weighted by atomic mass is 16.3. The van der Waals surface area contributed by atoms with Crippen LogP contribution in [0.15, 0.2) is 0 Å². The number of hydrogen-bond acceptors (Lipinski definition) is 10. The van der Waals surface area contributed by atoms with Crippen LogP contribution in [-0.2, 0) is 4.79 Å². The van der Waals surface area contributed by atoms with Gasteiger partial charge in [0, 0.05) is 94.6 Å². The van der Waals surface area contributed by atoms with Crippen molar-refractivity contribution in [2.24, 2.45) is 11.8 Å². The van der Waals surface area contributed by atoms with Crippen molar-refractivity contribution >= 4 is 5.91 Å². The van der Waals surface area contributed by atoms with Crippen LogP contribution < -0.4 is 5.32 Å². The Kier molecular flexibility index (Phi) is 23.1. The van der Waals surface area contributed by atoms with E-state index in [0.29, 0.717) is 67.8 Å². The zero-order valence-corrected chi connectivity index (χ0v) is 35.2. The van der Waals surface area contributed by atoms with Crippen molar-refractivity contribution in [3.63, 3.8) is 0 Å². The highest BCUT2D eigenvalue weighted by molar-refractivity contribution is 5.78. The van der Waals surface area contributed by atoms with E-state index in [4.69, 9.17) is 10.2 Å². The van der Waals surface area contributed by atoms with Crippen LogP contribution in [-0.4, -0.2) is 177 Å². The van der Waals surface area contributed by atoms with Gasteiger partial charge in [-0.15, -0.1) is 0 Å². The third-order valence-corrected chi connectivity index (χ3v) is 11.2. The molecule has 5 aliphatic heterocycles. The number of nitrogens with one attached hydrogen (secondary N) is 1. The Bertz CT molecular complexity index is 904. The average molecular weight is 729 g/mol. The van der Waals surface area contributed by atoms with Crippen molar-refractivity contribution in [2.75, 3.05) is 78.7 Å². The summed E-state index contributed by atoms with van der Waals surface area (Å²) in [4.78, 5) is 22.5. The van der Waals surface area contributed by atoms with Gasteiger partial charge in [-0.2, -0.15) is 0 Å². The first-order chi connectivity index (χ1) is 23.8. The van der Waals surface area contributed by atoms with Crippen molar-refractivity contribution in [3.05, 3.63) is 0 Å².